The predicted octanol–water partition coefficient (Wildman–Crippen LogP) is 5.28. The van der Waals surface area contributed by atoms with Crippen molar-refractivity contribution in [2.24, 2.45) is 0 Å². The molecule has 0 unspecified atom stereocenters. The number of aliphatic hydroxyl groups is 1. The van der Waals surface area contributed by atoms with Gasteiger partial charge >= 0.3 is 5.97 Å². The van der Waals surface area contributed by atoms with Crippen molar-refractivity contribution in [2.75, 3.05) is 11.5 Å². The summed E-state index contributed by atoms with van der Waals surface area (Å²) in [6.07, 6.45) is 0. The van der Waals surface area contributed by atoms with E-state index in [0.717, 1.165) is 4.90 Å². The number of benzene rings is 3. The summed E-state index contributed by atoms with van der Waals surface area (Å²) in [5, 5.41) is 11.4. The molecule has 8 heteroatoms. The Labute approximate surface area is 199 Å². The van der Waals surface area contributed by atoms with Gasteiger partial charge in [0, 0.05) is 21.8 Å². The molecule has 1 aliphatic rings. The van der Waals surface area contributed by atoms with E-state index in [1.807, 2.05) is 0 Å². The van der Waals surface area contributed by atoms with E-state index in [1.54, 1.807) is 13.0 Å². The molecule has 1 N–H and O–H groups in total. The van der Waals surface area contributed by atoms with E-state index in [0.29, 0.717) is 5.02 Å². The van der Waals surface area contributed by atoms with Gasteiger partial charge in [-0.1, -0.05) is 29.8 Å². The highest BCUT2D eigenvalue weighted by molar-refractivity contribution is 6.51. The SMILES string of the molecule is CCOC(=O)c1ccc(N2C(=O)C(=O)C(=C(O)c3ccc(Cl)cc3)[C@H]2c2ccccc2F)cc1. The van der Waals surface area contributed by atoms with Gasteiger partial charge in [0.2, 0.25) is 0 Å². The van der Waals surface area contributed by atoms with Crippen LogP contribution in [-0.2, 0) is 14.3 Å². The molecule has 0 spiro atoms. The maximum Gasteiger partial charge on any atom is 0.338 e. The predicted molar refractivity (Wildman–Crippen MR) is 125 cm³/mol. The second kappa shape index (κ2) is 9.49. The van der Waals surface area contributed by atoms with Gasteiger partial charge in [0.25, 0.3) is 11.7 Å². The third-order valence-electron chi connectivity index (χ3n) is 5.42. The van der Waals surface area contributed by atoms with Crippen molar-refractivity contribution in [2.45, 2.75) is 13.0 Å². The molecular weight excluding hydrogens is 461 g/mol. The van der Waals surface area contributed by atoms with Crippen LogP contribution in [0, 0.1) is 5.82 Å². The van der Waals surface area contributed by atoms with Crippen molar-refractivity contribution in [1.29, 1.82) is 0 Å². The lowest BCUT2D eigenvalue weighted by Gasteiger charge is -2.26. The molecule has 0 aromatic heterocycles. The highest BCUT2D eigenvalue weighted by Crippen LogP contribution is 2.43. The van der Waals surface area contributed by atoms with Crippen LogP contribution in [0.25, 0.3) is 5.76 Å². The fourth-order valence-electron chi connectivity index (χ4n) is 3.83. The fourth-order valence-corrected chi connectivity index (χ4v) is 3.95. The second-order valence-corrected chi connectivity index (χ2v) is 7.90. The first-order valence-electron chi connectivity index (χ1n) is 10.4. The summed E-state index contributed by atoms with van der Waals surface area (Å²) >= 11 is 5.92. The Morgan fingerprint density at radius 3 is 2.24 bits per heavy atom. The quantitative estimate of drug-likeness (QED) is 0.233. The van der Waals surface area contributed by atoms with Gasteiger partial charge in [-0.3, -0.25) is 14.5 Å². The molecule has 0 saturated carbocycles. The average molecular weight is 480 g/mol. The highest BCUT2D eigenvalue weighted by Gasteiger charge is 2.47. The summed E-state index contributed by atoms with van der Waals surface area (Å²) in [5.74, 6) is -3.54. The van der Waals surface area contributed by atoms with Crippen LogP contribution in [0.1, 0.15) is 34.5 Å². The number of esters is 1. The van der Waals surface area contributed by atoms with Crippen molar-refractivity contribution in [3.8, 4) is 0 Å². The van der Waals surface area contributed by atoms with Gasteiger partial charge in [-0.05, 0) is 61.5 Å². The normalized spacial score (nSPS) is 17.1. The Morgan fingerprint density at radius 1 is 1.00 bits per heavy atom. The first-order chi connectivity index (χ1) is 16.3. The highest BCUT2D eigenvalue weighted by atomic mass is 35.5. The zero-order valence-electron chi connectivity index (χ0n) is 18.0. The van der Waals surface area contributed by atoms with Crippen LogP contribution in [-0.4, -0.2) is 29.4 Å². The van der Waals surface area contributed by atoms with Crippen molar-refractivity contribution < 1.29 is 28.6 Å². The Hall–Kier alpha value is -3.97. The molecule has 6 nitrogen and oxygen atoms in total. The van der Waals surface area contributed by atoms with Crippen LogP contribution in [0.3, 0.4) is 0 Å². The van der Waals surface area contributed by atoms with Gasteiger partial charge in [0.05, 0.1) is 23.8 Å². The van der Waals surface area contributed by atoms with E-state index in [1.165, 1.54) is 66.7 Å². The number of carbonyl (C=O) groups is 3. The van der Waals surface area contributed by atoms with Crippen LogP contribution in [0.2, 0.25) is 5.02 Å². The molecule has 1 heterocycles. The molecule has 1 atom stereocenters. The third kappa shape index (κ3) is 4.18. The second-order valence-electron chi connectivity index (χ2n) is 7.46. The molecule has 3 aromatic rings. The summed E-state index contributed by atoms with van der Waals surface area (Å²) in [6.45, 7) is 1.88. The van der Waals surface area contributed by atoms with Gasteiger partial charge in [-0.25, -0.2) is 9.18 Å². The van der Waals surface area contributed by atoms with Crippen LogP contribution in [0.4, 0.5) is 10.1 Å². The molecule has 1 aliphatic heterocycles. The molecule has 0 aliphatic carbocycles. The summed E-state index contributed by atoms with van der Waals surface area (Å²) in [5.41, 5.74) is 0.532. The van der Waals surface area contributed by atoms with Gasteiger partial charge < -0.3 is 9.84 Å². The summed E-state index contributed by atoms with van der Waals surface area (Å²) in [7, 11) is 0. The van der Waals surface area contributed by atoms with E-state index in [2.05, 4.69) is 0 Å². The lowest BCUT2D eigenvalue weighted by molar-refractivity contribution is -0.132. The van der Waals surface area contributed by atoms with Crippen LogP contribution >= 0.6 is 11.6 Å². The van der Waals surface area contributed by atoms with Crippen molar-refractivity contribution in [3.63, 3.8) is 0 Å². The Morgan fingerprint density at radius 2 is 1.62 bits per heavy atom. The topological polar surface area (TPSA) is 83.9 Å². The number of halogens is 2. The van der Waals surface area contributed by atoms with Gasteiger partial charge in [0.1, 0.15) is 11.6 Å². The van der Waals surface area contributed by atoms with Crippen molar-refractivity contribution in [1.82, 2.24) is 0 Å². The number of hydrogen-bond acceptors (Lipinski definition) is 5. The van der Waals surface area contributed by atoms with E-state index in [9.17, 15) is 23.9 Å². The number of hydrogen-bond donors (Lipinski definition) is 1. The van der Waals surface area contributed by atoms with Gasteiger partial charge in [0.15, 0.2) is 0 Å². The molecule has 172 valence electrons. The van der Waals surface area contributed by atoms with Crippen molar-refractivity contribution in [3.05, 3.63) is 106 Å². The van der Waals surface area contributed by atoms with E-state index in [-0.39, 0.29) is 34.6 Å². The Kier molecular flexibility index (Phi) is 6.47. The smallest absolute Gasteiger partial charge is 0.338 e. The number of carbonyl (C=O) groups excluding carboxylic acids is 3. The minimum Gasteiger partial charge on any atom is -0.507 e. The van der Waals surface area contributed by atoms with Gasteiger partial charge in [-0.15, -0.1) is 0 Å². The molecule has 34 heavy (non-hydrogen) atoms. The first kappa shape index (κ1) is 23.2. The lowest BCUT2D eigenvalue weighted by atomic mass is 9.94. The van der Waals surface area contributed by atoms with Gasteiger partial charge in [-0.2, -0.15) is 0 Å². The number of ketones is 1. The molecule has 4 rings (SSSR count). The largest absolute Gasteiger partial charge is 0.507 e. The molecule has 1 fully saturated rings. The van der Waals surface area contributed by atoms with E-state index < -0.39 is 35.3 Å². The number of amides is 1. The molecule has 0 bridgehead atoms. The number of Topliss-reactive ketones (excluding diaryl/α,β-unsaturated/α-hetero) is 1. The first-order valence-corrected chi connectivity index (χ1v) is 10.8. The minimum atomic E-state index is -1.23. The number of aliphatic hydroxyl groups excluding tert-OH is 1. The van der Waals surface area contributed by atoms with Crippen LogP contribution < -0.4 is 4.90 Å². The zero-order valence-corrected chi connectivity index (χ0v) is 18.8. The standard InChI is InChI=1S/C26H19ClFNO5/c1-2-34-26(33)16-9-13-18(14-10-16)29-22(19-5-3-4-6-20(19)28)21(24(31)25(29)32)23(30)15-7-11-17(27)12-8-15/h3-14,22,30H,2H2,1H3/t22-/m1/s1. The third-order valence-corrected chi connectivity index (χ3v) is 5.67. The van der Waals surface area contributed by atoms with E-state index in [4.69, 9.17) is 16.3 Å². The maximum atomic E-state index is 14.9. The monoisotopic (exact) mass is 479 g/mol. The average Bonchev–Trinajstić information content (AvgIpc) is 3.10. The number of rotatable bonds is 5. The van der Waals surface area contributed by atoms with Crippen LogP contribution in [0.15, 0.2) is 78.4 Å². The Bertz CT molecular complexity index is 1300. The summed E-state index contributed by atoms with van der Waals surface area (Å²) < 4.78 is 19.9. The lowest BCUT2D eigenvalue weighted by Crippen LogP contribution is -2.29. The summed E-state index contributed by atoms with van der Waals surface area (Å²) in [6, 6.07) is 16.4. The molecule has 1 amide bonds. The van der Waals surface area contributed by atoms with E-state index >= 15 is 0 Å². The molecule has 0 radical (unpaired) electrons. The molecule has 3 aromatic carbocycles. The number of nitrogens with zero attached hydrogens (tertiary/aromatic N) is 1. The van der Waals surface area contributed by atoms with Crippen LogP contribution in [0.5, 0.6) is 0 Å². The minimum absolute atomic E-state index is 0.0340. The summed E-state index contributed by atoms with van der Waals surface area (Å²) in [4.78, 5) is 39.3. The Balaban J connectivity index is 1.88. The molecule has 1 saturated heterocycles. The molecular formula is C26H19ClFNO5. The number of anilines is 1. The zero-order chi connectivity index (χ0) is 24.4. The van der Waals surface area contributed by atoms with Crippen molar-refractivity contribution >= 4 is 40.7 Å². The maximum absolute atomic E-state index is 14.9. The number of ether oxygens (including phenoxy) is 1. The fraction of sp³-hybridized carbons (Fsp3) is 0.115.